The van der Waals surface area contributed by atoms with Crippen molar-refractivity contribution in [3.05, 3.63) is 71.3 Å². The minimum absolute atomic E-state index is 0.204. The van der Waals surface area contributed by atoms with Gasteiger partial charge < -0.3 is 14.8 Å². The summed E-state index contributed by atoms with van der Waals surface area (Å²) < 4.78 is 11.4. The van der Waals surface area contributed by atoms with Crippen molar-refractivity contribution in [2.24, 2.45) is 0 Å². The summed E-state index contributed by atoms with van der Waals surface area (Å²) in [5.41, 5.74) is 0.119. The van der Waals surface area contributed by atoms with E-state index < -0.39 is 28.8 Å². The van der Waals surface area contributed by atoms with Crippen LogP contribution in [0.1, 0.15) is 75.9 Å². The van der Waals surface area contributed by atoms with Crippen LogP contribution in [0.2, 0.25) is 0 Å². The zero-order chi connectivity index (χ0) is 27.4. The molecule has 37 heavy (non-hydrogen) atoms. The molecular weight excluding hydrogens is 468 g/mol. The van der Waals surface area contributed by atoms with Crippen molar-refractivity contribution in [2.45, 2.75) is 90.6 Å². The Bertz CT molecular complexity index is 1090. The number of likely N-dealkylation sites (tertiary alicyclic amines) is 1. The van der Waals surface area contributed by atoms with Gasteiger partial charge in [-0.15, -0.1) is 0 Å². The fraction of sp³-hybridized carbons (Fsp3) is 0.500. The number of carbonyl (C=O) groups excluding carboxylic acids is 3. The molecule has 0 aliphatic carbocycles. The second-order valence-electron chi connectivity index (χ2n) is 11.2. The van der Waals surface area contributed by atoms with Crippen LogP contribution in [0.25, 0.3) is 0 Å². The van der Waals surface area contributed by atoms with E-state index in [0.717, 1.165) is 11.1 Å². The number of benzene rings is 2. The predicted octanol–water partition coefficient (Wildman–Crippen LogP) is 4.81. The summed E-state index contributed by atoms with van der Waals surface area (Å²) in [6.07, 6.45) is 0.504. The lowest BCUT2D eigenvalue weighted by Crippen LogP contribution is -2.74. The number of hydrogen-bond acceptors (Lipinski definition) is 6. The maximum atomic E-state index is 13.5. The molecule has 200 valence electrons. The molecular formula is C30H40N2O5. The Hall–Kier alpha value is -3.19. The predicted molar refractivity (Wildman–Crippen MR) is 143 cm³/mol. The fourth-order valence-electron chi connectivity index (χ4n) is 6.04. The number of ether oxygens (including phenoxy) is 2. The van der Waals surface area contributed by atoms with Gasteiger partial charge in [0.1, 0.15) is 5.54 Å². The molecule has 1 aliphatic heterocycles. The van der Waals surface area contributed by atoms with Crippen molar-refractivity contribution in [3.63, 3.8) is 0 Å². The molecule has 7 heteroatoms. The highest BCUT2D eigenvalue weighted by Gasteiger charge is 2.59. The largest absolute Gasteiger partial charge is 0.464 e. The number of esters is 2. The van der Waals surface area contributed by atoms with Crippen molar-refractivity contribution in [1.82, 2.24) is 10.2 Å². The van der Waals surface area contributed by atoms with Gasteiger partial charge in [-0.05, 0) is 72.1 Å². The number of hydrogen-bond donors (Lipinski definition) is 1. The van der Waals surface area contributed by atoms with E-state index in [9.17, 15) is 14.4 Å². The molecule has 2 aromatic rings. The van der Waals surface area contributed by atoms with Crippen molar-refractivity contribution in [2.75, 3.05) is 6.61 Å². The fourth-order valence-corrected chi connectivity index (χ4v) is 6.04. The Balaban J connectivity index is 2.01. The van der Waals surface area contributed by atoms with Crippen LogP contribution in [-0.2, 0) is 25.5 Å². The maximum absolute atomic E-state index is 13.5. The quantitative estimate of drug-likeness (QED) is 0.515. The SMILES string of the molecule is CCOC(=O)C1(NC(=O)c2ccccc2)CC(C)(C)N(C(Cc2ccc(C)cc2)OC(C)=O)C(C)(C)C1. The summed E-state index contributed by atoms with van der Waals surface area (Å²) in [4.78, 5) is 41.2. The normalized spacial score (nSPS) is 18.9. The standard InChI is InChI=1S/C30H40N2O5/c1-8-36-27(35)30(31-26(34)24-12-10-9-11-13-24)19-28(4,5)32(29(6,7)20-30)25(37-22(3)33)18-23-16-14-21(2)15-17-23/h9-17,25H,8,18-20H2,1-7H3,(H,31,34). The summed E-state index contributed by atoms with van der Waals surface area (Å²) in [7, 11) is 0. The van der Waals surface area contributed by atoms with Gasteiger partial charge in [0.2, 0.25) is 0 Å². The van der Waals surface area contributed by atoms with Crippen LogP contribution in [0.3, 0.4) is 0 Å². The molecule has 1 fully saturated rings. The number of carbonyl (C=O) groups is 3. The molecule has 1 saturated heterocycles. The van der Waals surface area contributed by atoms with E-state index in [-0.39, 0.29) is 31.3 Å². The van der Waals surface area contributed by atoms with Crippen molar-refractivity contribution in [3.8, 4) is 0 Å². The highest BCUT2D eigenvalue weighted by atomic mass is 16.6. The molecule has 1 amide bonds. The number of nitrogens with zero attached hydrogens (tertiary/aromatic N) is 1. The lowest BCUT2D eigenvalue weighted by molar-refractivity contribution is -0.196. The van der Waals surface area contributed by atoms with Crippen LogP contribution in [0.15, 0.2) is 54.6 Å². The number of piperidine rings is 1. The summed E-state index contributed by atoms with van der Waals surface area (Å²) in [5, 5.41) is 3.05. The van der Waals surface area contributed by atoms with Crippen molar-refractivity contribution >= 4 is 17.8 Å². The molecule has 1 aliphatic rings. The molecule has 1 atom stereocenters. The number of aryl methyl sites for hydroxylation is 1. The molecule has 0 saturated carbocycles. The van der Waals surface area contributed by atoms with E-state index in [1.165, 1.54) is 6.92 Å². The topological polar surface area (TPSA) is 84.9 Å². The second-order valence-corrected chi connectivity index (χ2v) is 11.2. The summed E-state index contributed by atoms with van der Waals surface area (Å²) in [6, 6.07) is 17.0. The Morgan fingerprint density at radius 3 is 2.03 bits per heavy atom. The number of amides is 1. The van der Waals surface area contributed by atoms with Crippen LogP contribution in [0.4, 0.5) is 0 Å². The zero-order valence-electron chi connectivity index (χ0n) is 23.1. The zero-order valence-corrected chi connectivity index (χ0v) is 23.1. The average molecular weight is 509 g/mol. The molecule has 1 N–H and O–H groups in total. The molecule has 2 aromatic carbocycles. The molecule has 0 aromatic heterocycles. The second kappa shape index (κ2) is 11.1. The van der Waals surface area contributed by atoms with Crippen molar-refractivity contribution < 1.29 is 23.9 Å². The molecule has 0 radical (unpaired) electrons. The minimum Gasteiger partial charge on any atom is -0.464 e. The first-order chi connectivity index (χ1) is 17.3. The molecule has 7 nitrogen and oxygen atoms in total. The highest BCUT2D eigenvalue weighted by molar-refractivity contribution is 5.98. The van der Waals surface area contributed by atoms with E-state index in [4.69, 9.17) is 9.47 Å². The first kappa shape index (κ1) is 28.4. The third-order valence-electron chi connectivity index (χ3n) is 6.95. The molecule has 3 rings (SSSR count). The van der Waals surface area contributed by atoms with E-state index >= 15 is 0 Å². The van der Waals surface area contributed by atoms with Gasteiger partial charge in [0.25, 0.3) is 5.91 Å². The van der Waals surface area contributed by atoms with Gasteiger partial charge in [0.05, 0.1) is 6.61 Å². The Labute approximate surface area is 220 Å². The van der Waals surface area contributed by atoms with Crippen LogP contribution in [0, 0.1) is 6.92 Å². The van der Waals surface area contributed by atoms with Crippen molar-refractivity contribution in [1.29, 1.82) is 0 Å². The van der Waals surface area contributed by atoms with Gasteiger partial charge in [0.15, 0.2) is 6.23 Å². The Morgan fingerprint density at radius 2 is 1.51 bits per heavy atom. The van der Waals surface area contributed by atoms with Crippen LogP contribution >= 0.6 is 0 Å². The average Bonchev–Trinajstić information content (AvgIpc) is 2.79. The Morgan fingerprint density at radius 1 is 0.946 bits per heavy atom. The van der Waals surface area contributed by atoms with Crippen LogP contribution in [0.5, 0.6) is 0 Å². The lowest BCUT2D eigenvalue weighted by atomic mass is 9.68. The van der Waals surface area contributed by atoms with E-state index in [2.05, 4.69) is 10.2 Å². The van der Waals surface area contributed by atoms with Gasteiger partial charge in [-0.25, -0.2) is 4.79 Å². The first-order valence-corrected chi connectivity index (χ1v) is 12.9. The smallest absolute Gasteiger partial charge is 0.331 e. The monoisotopic (exact) mass is 508 g/mol. The highest BCUT2D eigenvalue weighted by Crippen LogP contribution is 2.46. The first-order valence-electron chi connectivity index (χ1n) is 12.9. The summed E-state index contributed by atoms with van der Waals surface area (Å²) >= 11 is 0. The third kappa shape index (κ3) is 6.58. The molecule has 0 bridgehead atoms. The third-order valence-corrected chi connectivity index (χ3v) is 6.95. The van der Waals surface area contributed by atoms with Gasteiger partial charge in [-0.2, -0.15) is 0 Å². The lowest BCUT2D eigenvalue weighted by Gasteiger charge is -2.60. The van der Waals surface area contributed by atoms with Gasteiger partial charge in [-0.3, -0.25) is 14.5 Å². The Kier molecular flexibility index (Phi) is 8.48. The number of rotatable bonds is 8. The van der Waals surface area contributed by atoms with Gasteiger partial charge in [-0.1, -0.05) is 48.0 Å². The molecule has 1 unspecified atom stereocenters. The van der Waals surface area contributed by atoms with E-state index in [1.807, 2.05) is 65.0 Å². The number of nitrogens with one attached hydrogen (secondary N) is 1. The maximum Gasteiger partial charge on any atom is 0.331 e. The van der Waals surface area contributed by atoms with Crippen LogP contribution < -0.4 is 5.32 Å². The van der Waals surface area contributed by atoms with Crippen LogP contribution in [-0.4, -0.2) is 52.2 Å². The summed E-state index contributed by atoms with van der Waals surface area (Å²) in [5.74, 6) is -1.16. The summed E-state index contributed by atoms with van der Waals surface area (Å²) in [6.45, 7) is 13.5. The van der Waals surface area contributed by atoms with E-state index in [1.54, 1.807) is 31.2 Å². The van der Waals surface area contributed by atoms with Gasteiger partial charge in [0, 0.05) is 30.0 Å². The van der Waals surface area contributed by atoms with Gasteiger partial charge >= 0.3 is 11.9 Å². The van der Waals surface area contributed by atoms with E-state index in [0.29, 0.717) is 12.0 Å². The minimum atomic E-state index is -1.25. The molecule has 1 heterocycles. The molecule has 0 spiro atoms.